The third-order valence-electron chi connectivity index (χ3n) is 5.40. The second-order valence-electron chi connectivity index (χ2n) is 7.30. The zero-order chi connectivity index (χ0) is 18.9. The van der Waals surface area contributed by atoms with Gasteiger partial charge in [-0.15, -0.1) is 0 Å². The van der Waals surface area contributed by atoms with Crippen LogP contribution in [0, 0.1) is 23.7 Å². The molecule has 0 saturated heterocycles. The summed E-state index contributed by atoms with van der Waals surface area (Å²) < 4.78 is 32.5. The van der Waals surface area contributed by atoms with Crippen LogP contribution in [-0.4, -0.2) is 7.11 Å². The Morgan fingerprint density at radius 1 is 0.875 bits per heavy atom. The predicted octanol–water partition coefficient (Wildman–Crippen LogP) is 7.37. The van der Waals surface area contributed by atoms with E-state index in [0.29, 0.717) is 11.8 Å². The first-order chi connectivity index (χ1) is 11.1. The fourth-order valence-electron chi connectivity index (χ4n) is 2.58. The van der Waals surface area contributed by atoms with Crippen LogP contribution in [0.1, 0.15) is 66.7 Å². The monoisotopic (exact) mass is 342 g/mol. The van der Waals surface area contributed by atoms with E-state index in [2.05, 4.69) is 45.6 Å². The Kier molecular flexibility index (Phi) is 10.9. The highest BCUT2D eigenvalue weighted by atomic mass is 19.2. The van der Waals surface area contributed by atoms with E-state index >= 15 is 0 Å². The van der Waals surface area contributed by atoms with Gasteiger partial charge in [-0.1, -0.05) is 67.0 Å². The lowest BCUT2D eigenvalue weighted by Gasteiger charge is -2.23. The first-order valence-electron chi connectivity index (χ1n) is 9.13. The Labute approximate surface area is 147 Å². The summed E-state index contributed by atoms with van der Waals surface area (Å²) in [6.45, 7) is 18.0. The van der Waals surface area contributed by atoms with E-state index in [1.807, 2.05) is 6.92 Å². The van der Waals surface area contributed by atoms with Crippen LogP contribution in [0.3, 0.4) is 0 Å². The minimum atomic E-state index is -1.05. The summed E-state index contributed by atoms with van der Waals surface area (Å²) in [5, 5.41) is 0. The summed E-state index contributed by atoms with van der Waals surface area (Å²) in [6, 6.07) is 0. The molecule has 0 aromatic rings. The first kappa shape index (κ1) is 22.9. The van der Waals surface area contributed by atoms with Gasteiger partial charge < -0.3 is 4.74 Å². The molecule has 4 atom stereocenters. The SMILES string of the molecule is C=C(OC)/C(F)=C(/F)C(=C)C(C)CCC(C)C(C)CCC(C)CC. The van der Waals surface area contributed by atoms with Crippen molar-refractivity contribution in [1.29, 1.82) is 0 Å². The van der Waals surface area contributed by atoms with Crippen LogP contribution < -0.4 is 0 Å². The van der Waals surface area contributed by atoms with Crippen LogP contribution in [0.4, 0.5) is 8.78 Å². The van der Waals surface area contributed by atoms with Crippen LogP contribution in [-0.2, 0) is 4.74 Å². The molecule has 0 N–H and O–H groups in total. The number of allylic oxidation sites excluding steroid dienone is 3. The van der Waals surface area contributed by atoms with E-state index in [9.17, 15) is 8.78 Å². The van der Waals surface area contributed by atoms with E-state index in [1.165, 1.54) is 26.4 Å². The van der Waals surface area contributed by atoms with E-state index in [1.54, 1.807) is 0 Å². The molecule has 0 heterocycles. The predicted molar refractivity (Wildman–Crippen MR) is 99.9 cm³/mol. The molecule has 1 nitrogen and oxygen atoms in total. The molecule has 0 aromatic carbocycles. The fourth-order valence-corrected chi connectivity index (χ4v) is 2.58. The minimum absolute atomic E-state index is 0.107. The maximum atomic E-state index is 14.1. The topological polar surface area (TPSA) is 9.23 Å². The molecule has 0 rings (SSSR count). The van der Waals surface area contributed by atoms with Crippen LogP contribution >= 0.6 is 0 Å². The normalized spacial score (nSPS) is 17.5. The second-order valence-corrected chi connectivity index (χ2v) is 7.30. The lowest BCUT2D eigenvalue weighted by Crippen LogP contribution is -2.12. The average Bonchev–Trinajstić information content (AvgIpc) is 2.60. The van der Waals surface area contributed by atoms with Crippen molar-refractivity contribution in [3.8, 4) is 0 Å². The molecule has 0 bridgehead atoms. The van der Waals surface area contributed by atoms with E-state index in [0.717, 1.165) is 18.8 Å². The van der Waals surface area contributed by atoms with E-state index < -0.39 is 11.7 Å². The highest BCUT2D eigenvalue weighted by Crippen LogP contribution is 2.31. The molecule has 0 aliphatic heterocycles. The molecule has 0 radical (unpaired) electrons. The van der Waals surface area contributed by atoms with Gasteiger partial charge in [0.15, 0.2) is 11.7 Å². The lowest BCUT2D eigenvalue weighted by atomic mass is 9.83. The fraction of sp³-hybridized carbons (Fsp3) is 0.714. The van der Waals surface area contributed by atoms with Gasteiger partial charge >= 0.3 is 0 Å². The summed E-state index contributed by atoms with van der Waals surface area (Å²) in [7, 11) is 1.27. The van der Waals surface area contributed by atoms with Gasteiger partial charge in [0, 0.05) is 0 Å². The number of methoxy groups -OCH3 is 1. The minimum Gasteiger partial charge on any atom is -0.494 e. The molecule has 4 unspecified atom stereocenters. The van der Waals surface area contributed by atoms with Crippen molar-refractivity contribution in [3.63, 3.8) is 0 Å². The third kappa shape index (κ3) is 7.63. The zero-order valence-electron chi connectivity index (χ0n) is 16.4. The van der Waals surface area contributed by atoms with Gasteiger partial charge in [0.1, 0.15) is 5.76 Å². The average molecular weight is 343 g/mol. The molecular formula is C21H36F2O. The Morgan fingerprint density at radius 2 is 1.38 bits per heavy atom. The van der Waals surface area contributed by atoms with Gasteiger partial charge in [0.05, 0.1) is 7.11 Å². The molecule has 0 aromatic heterocycles. The maximum absolute atomic E-state index is 14.1. The van der Waals surface area contributed by atoms with Crippen LogP contribution in [0.2, 0.25) is 0 Å². The summed E-state index contributed by atoms with van der Waals surface area (Å²) in [5.74, 6) is -0.414. The number of hydrogen-bond acceptors (Lipinski definition) is 1. The van der Waals surface area contributed by atoms with Crippen LogP contribution in [0.15, 0.2) is 36.1 Å². The van der Waals surface area contributed by atoms with Gasteiger partial charge in [-0.25, -0.2) is 4.39 Å². The molecule has 0 aliphatic rings. The van der Waals surface area contributed by atoms with Crippen molar-refractivity contribution < 1.29 is 13.5 Å². The van der Waals surface area contributed by atoms with Crippen molar-refractivity contribution >= 4 is 0 Å². The third-order valence-corrected chi connectivity index (χ3v) is 5.40. The highest BCUT2D eigenvalue weighted by Gasteiger charge is 2.20. The number of hydrogen-bond donors (Lipinski definition) is 0. The Hall–Kier alpha value is -1.12. The largest absolute Gasteiger partial charge is 0.494 e. The standard InChI is InChI=1S/C21H36F2O/c1-9-14(2)10-11-15(3)16(4)12-13-17(5)18(6)20(22)21(23)19(7)24-8/h14-17H,6-7,9-13H2,1-5,8H3/b21-20-. The quantitative estimate of drug-likeness (QED) is 0.266. The Morgan fingerprint density at radius 3 is 1.83 bits per heavy atom. The van der Waals surface area contributed by atoms with Crippen molar-refractivity contribution in [3.05, 3.63) is 36.1 Å². The molecule has 0 fully saturated rings. The zero-order valence-corrected chi connectivity index (χ0v) is 16.4. The Bertz CT molecular complexity index is 439. The smallest absolute Gasteiger partial charge is 0.200 e. The summed E-state index contributed by atoms with van der Waals surface area (Å²) in [6.07, 6.45) is 5.49. The maximum Gasteiger partial charge on any atom is 0.200 e. The van der Waals surface area contributed by atoms with E-state index in [4.69, 9.17) is 0 Å². The lowest BCUT2D eigenvalue weighted by molar-refractivity contribution is 0.279. The van der Waals surface area contributed by atoms with Crippen molar-refractivity contribution in [2.45, 2.75) is 66.7 Å². The molecule has 0 saturated carbocycles. The van der Waals surface area contributed by atoms with Gasteiger partial charge in [0.25, 0.3) is 0 Å². The van der Waals surface area contributed by atoms with Crippen molar-refractivity contribution in [2.24, 2.45) is 23.7 Å². The van der Waals surface area contributed by atoms with E-state index in [-0.39, 0.29) is 17.3 Å². The van der Waals surface area contributed by atoms with Crippen LogP contribution in [0.25, 0.3) is 0 Å². The summed E-state index contributed by atoms with van der Waals surface area (Å²) >= 11 is 0. The van der Waals surface area contributed by atoms with Crippen molar-refractivity contribution in [1.82, 2.24) is 0 Å². The highest BCUT2D eigenvalue weighted by molar-refractivity contribution is 5.33. The van der Waals surface area contributed by atoms with Gasteiger partial charge in [-0.2, -0.15) is 4.39 Å². The van der Waals surface area contributed by atoms with Gasteiger partial charge in [-0.05, 0) is 42.1 Å². The summed E-state index contributed by atoms with van der Waals surface area (Å²) in [5.41, 5.74) is 0.185. The first-order valence-corrected chi connectivity index (χ1v) is 9.13. The van der Waals surface area contributed by atoms with Crippen LogP contribution in [0.5, 0.6) is 0 Å². The van der Waals surface area contributed by atoms with Gasteiger partial charge in [-0.3, -0.25) is 0 Å². The number of halogens is 2. The molecule has 0 spiro atoms. The molecule has 0 aliphatic carbocycles. The summed E-state index contributed by atoms with van der Waals surface area (Å²) in [4.78, 5) is 0. The molecule has 24 heavy (non-hydrogen) atoms. The molecule has 3 heteroatoms. The van der Waals surface area contributed by atoms with Gasteiger partial charge in [0.2, 0.25) is 0 Å². The Balaban J connectivity index is 4.49. The molecule has 140 valence electrons. The molecule has 0 amide bonds. The second kappa shape index (κ2) is 11.4. The number of rotatable bonds is 12. The molecular weight excluding hydrogens is 306 g/mol. The number of ether oxygens (including phenoxy) is 1. The van der Waals surface area contributed by atoms with Crippen molar-refractivity contribution in [2.75, 3.05) is 7.11 Å².